The van der Waals surface area contributed by atoms with Gasteiger partial charge in [-0.1, -0.05) is 41.6 Å². The zero-order chi connectivity index (χ0) is 21.4. The average molecular weight is 454 g/mol. The summed E-state index contributed by atoms with van der Waals surface area (Å²) in [6.07, 6.45) is 3.61. The second kappa shape index (κ2) is 8.49. The third-order valence-electron chi connectivity index (χ3n) is 5.51. The van der Waals surface area contributed by atoms with E-state index in [-0.39, 0.29) is 23.2 Å². The van der Waals surface area contributed by atoms with Gasteiger partial charge in [0.1, 0.15) is 0 Å². The van der Waals surface area contributed by atoms with E-state index in [0.29, 0.717) is 39.8 Å². The number of ketones is 1. The van der Waals surface area contributed by atoms with Crippen LogP contribution >= 0.6 is 23.4 Å². The molecule has 1 N–H and O–H groups in total. The number of carbonyl (C=O) groups is 1. The molecule has 2 aromatic carbocycles. The maximum atomic E-state index is 13.2. The summed E-state index contributed by atoms with van der Waals surface area (Å²) in [5.41, 5.74) is 1.95. The molecule has 2 aromatic heterocycles. The van der Waals surface area contributed by atoms with Crippen molar-refractivity contribution in [2.24, 2.45) is 0 Å². The zero-order valence-corrected chi connectivity index (χ0v) is 18.2. The smallest absolute Gasteiger partial charge is 0.262 e. The number of thioether (sulfide) groups is 1. The predicted molar refractivity (Wildman–Crippen MR) is 123 cm³/mol. The van der Waals surface area contributed by atoms with Crippen LogP contribution in [-0.4, -0.2) is 38.8 Å². The zero-order valence-electron chi connectivity index (χ0n) is 16.6. The van der Waals surface area contributed by atoms with Crippen molar-refractivity contribution in [2.75, 3.05) is 12.4 Å². The Balaban J connectivity index is 1.48. The molecule has 1 unspecified atom stereocenters. The first kappa shape index (κ1) is 20.3. The minimum absolute atomic E-state index is 0.0204. The molecule has 0 aliphatic carbocycles. The molecule has 0 saturated carbocycles. The van der Waals surface area contributed by atoms with Crippen LogP contribution in [0.3, 0.4) is 0 Å². The monoisotopic (exact) mass is 453 g/mol. The first-order valence-electron chi connectivity index (χ1n) is 10.1. The van der Waals surface area contributed by atoms with Crippen LogP contribution in [-0.2, 0) is 11.3 Å². The lowest BCUT2D eigenvalue weighted by Gasteiger charge is -2.16. The molecule has 31 heavy (non-hydrogen) atoms. The molecule has 3 heterocycles. The third kappa shape index (κ3) is 4.01. The number of nitrogens with zero attached hydrogens (tertiary/aromatic N) is 2. The van der Waals surface area contributed by atoms with Gasteiger partial charge < -0.3 is 9.72 Å². The van der Waals surface area contributed by atoms with Gasteiger partial charge in [-0.25, -0.2) is 4.98 Å². The van der Waals surface area contributed by atoms with E-state index in [1.807, 2.05) is 24.3 Å². The topological polar surface area (TPSA) is 77.0 Å². The normalized spacial score (nSPS) is 16.4. The summed E-state index contributed by atoms with van der Waals surface area (Å²) in [5.74, 6) is 0.151. The first-order chi connectivity index (χ1) is 15.1. The molecule has 1 atom stereocenters. The molecule has 0 bridgehead atoms. The van der Waals surface area contributed by atoms with Crippen molar-refractivity contribution in [3.05, 3.63) is 69.6 Å². The molecule has 5 rings (SSSR count). The number of Topliss-reactive ketones (excluding diaryl/α,β-unsaturated/α-hetero) is 1. The highest BCUT2D eigenvalue weighted by Gasteiger charge is 2.21. The molecule has 1 saturated heterocycles. The Bertz CT molecular complexity index is 1340. The standard InChI is InChI=1S/C23H20ClN3O3S/c24-14-7-8-17-20(10-14)26-23(27(22(17)29)12-15-4-3-9-30-15)31-13-21(28)18-11-25-19-6-2-1-5-16(18)19/h1-2,5-8,10-11,15,25H,3-4,9,12-13H2. The van der Waals surface area contributed by atoms with Crippen LogP contribution < -0.4 is 5.56 Å². The third-order valence-corrected chi connectivity index (χ3v) is 6.73. The Morgan fingerprint density at radius 2 is 2.13 bits per heavy atom. The number of halogens is 1. The number of carbonyl (C=O) groups excluding carboxylic acids is 1. The Morgan fingerprint density at radius 1 is 1.26 bits per heavy atom. The number of H-pyrrole nitrogens is 1. The summed E-state index contributed by atoms with van der Waals surface area (Å²) in [4.78, 5) is 34.0. The predicted octanol–water partition coefficient (Wildman–Crippen LogP) is 4.69. The Hall–Kier alpha value is -2.61. The molecule has 158 valence electrons. The van der Waals surface area contributed by atoms with Crippen molar-refractivity contribution in [3.63, 3.8) is 0 Å². The fraction of sp³-hybridized carbons (Fsp3) is 0.261. The molecule has 1 fully saturated rings. The summed E-state index contributed by atoms with van der Waals surface area (Å²) in [6.45, 7) is 1.13. The van der Waals surface area contributed by atoms with E-state index in [9.17, 15) is 9.59 Å². The fourth-order valence-corrected chi connectivity index (χ4v) is 5.01. The van der Waals surface area contributed by atoms with Crippen molar-refractivity contribution in [3.8, 4) is 0 Å². The number of hydrogen-bond acceptors (Lipinski definition) is 5. The van der Waals surface area contributed by atoms with E-state index < -0.39 is 0 Å². The van der Waals surface area contributed by atoms with E-state index in [1.165, 1.54) is 11.8 Å². The highest BCUT2D eigenvalue weighted by molar-refractivity contribution is 7.99. The number of benzene rings is 2. The lowest BCUT2D eigenvalue weighted by atomic mass is 10.1. The van der Waals surface area contributed by atoms with E-state index >= 15 is 0 Å². The van der Waals surface area contributed by atoms with Gasteiger partial charge in [-0.05, 0) is 37.1 Å². The van der Waals surface area contributed by atoms with Gasteiger partial charge in [0, 0.05) is 34.3 Å². The van der Waals surface area contributed by atoms with Crippen molar-refractivity contribution >= 4 is 51.0 Å². The Morgan fingerprint density at radius 3 is 2.97 bits per heavy atom. The second-order valence-corrected chi connectivity index (χ2v) is 8.95. The largest absolute Gasteiger partial charge is 0.376 e. The van der Waals surface area contributed by atoms with Crippen LogP contribution in [0.2, 0.25) is 5.02 Å². The van der Waals surface area contributed by atoms with Crippen LogP contribution in [0, 0.1) is 0 Å². The Labute approximate surface area is 187 Å². The quantitative estimate of drug-likeness (QED) is 0.260. The lowest BCUT2D eigenvalue weighted by molar-refractivity contribution is 0.0937. The number of ether oxygens (including phenoxy) is 1. The number of fused-ring (bicyclic) bond motifs is 2. The number of nitrogens with one attached hydrogen (secondary N) is 1. The maximum absolute atomic E-state index is 13.2. The molecular formula is C23H20ClN3O3S. The fourth-order valence-electron chi connectivity index (χ4n) is 3.95. The van der Waals surface area contributed by atoms with E-state index in [2.05, 4.69) is 9.97 Å². The minimum atomic E-state index is -0.140. The van der Waals surface area contributed by atoms with Crippen molar-refractivity contribution in [1.29, 1.82) is 0 Å². The molecule has 0 spiro atoms. The number of aromatic nitrogens is 3. The second-order valence-electron chi connectivity index (χ2n) is 7.57. The first-order valence-corrected chi connectivity index (χ1v) is 11.5. The van der Waals surface area contributed by atoms with Gasteiger partial charge in [0.05, 0.1) is 29.3 Å². The highest BCUT2D eigenvalue weighted by atomic mass is 35.5. The SMILES string of the molecule is O=C(CSc1nc2cc(Cl)ccc2c(=O)n1CC1CCCO1)c1c[nH]c2ccccc12. The van der Waals surface area contributed by atoms with E-state index in [4.69, 9.17) is 16.3 Å². The minimum Gasteiger partial charge on any atom is -0.376 e. The van der Waals surface area contributed by atoms with Crippen molar-refractivity contribution in [2.45, 2.75) is 30.6 Å². The van der Waals surface area contributed by atoms with E-state index in [1.54, 1.807) is 29.0 Å². The molecule has 0 radical (unpaired) electrons. The van der Waals surface area contributed by atoms with Gasteiger partial charge >= 0.3 is 0 Å². The number of hydrogen-bond donors (Lipinski definition) is 1. The van der Waals surface area contributed by atoms with Gasteiger partial charge in [-0.2, -0.15) is 0 Å². The van der Waals surface area contributed by atoms with Crippen LogP contribution in [0.25, 0.3) is 21.8 Å². The van der Waals surface area contributed by atoms with Crippen molar-refractivity contribution < 1.29 is 9.53 Å². The van der Waals surface area contributed by atoms with Gasteiger partial charge in [-0.15, -0.1) is 0 Å². The summed E-state index contributed by atoms with van der Waals surface area (Å²) in [6, 6.07) is 12.8. The van der Waals surface area contributed by atoms with Gasteiger partial charge in [-0.3, -0.25) is 14.2 Å². The molecule has 8 heteroatoms. The summed E-state index contributed by atoms with van der Waals surface area (Å²) < 4.78 is 7.38. The number of aromatic amines is 1. The van der Waals surface area contributed by atoms with Gasteiger partial charge in [0.25, 0.3) is 5.56 Å². The maximum Gasteiger partial charge on any atom is 0.262 e. The van der Waals surface area contributed by atoms with E-state index in [0.717, 1.165) is 23.7 Å². The molecule has 1 aliphatic heterocycles. The highest BCUT2D eigenvalue weighted by Crippen LogP contribution is 2.25. The summed E-state index contributed by atoms with van der Waals surface area (Å²) >= 11 is 7.39. The summed E-state index contributed by atoms with van der Waals surface area (Å²) in [5, 5.41) is 2.42. The Kier molecular flexibility index (Phi) is 5.56. The van der Waals surface area contributed by atoms with Crippen LogP contribution in [0.15, 0.2) is 58.6 Å². The average Bonchev–Trinajstić information content (AvgIpc) is 3.44. The molecule has 4 aromatic rings. The molecule has 1 aliphatic rings. The van der Waals surface area contributed by atoms with Crippen LogP contribution in [0.1, 0.15) is 23.2 Å². The van der Waals surface area contributed by atoms with Crippen LogP contribution in [0.4, 0.5) is 0 Å². The van der Waals surface area contributed by atoms with Crippen molar-refractivity contribution in [1.82, 2.24) is 14.5 Å². The summed E-state index contributed by atoms with van der Waals surface area (Å²) in [7, 11) is 0. The van der Waals surface area contributed by atoms with Gasteiger partial charge in [0.2, 0.25) is 0 Å². The lowest BCUT2D eigenvalue weighted by Crippen LogP contribution is -2.29. The number of rotatable bonds is 6. The molecule has 0 amide bonds. The van der Waals surface area contributed by atoms with Crippen LogP contribution in [0.5, 0.6) is 0 Å². The van der Waals surface area contributed by atoms with Gasteiger partial charge in [0.15, 0.2) is 10.9 Å². The number of para-hydroxylation sites is 1. The molecular weight excluding hydrogens is 434 g/mol. The molecule has 6 nitrogen and oxygen atoms in total.